The van der Waals surface area contributed by atoms with Crippen molar-refractivity contribution >= 4 is 5.97 Å². The average molecular weight is 177 g/mol. The van der Waals surface area contributed by atoms with Gasteiger partial charge in [-0.1, -0.05) is 6.58 Å². The molecule has 1 rings (SSSR count). The summed E-state index contributed by atoms with van der Waals surface area (Å²) >= 11 is 0. The highest BCUT2D eigenvalue weighted by molar-refractivity contribution is 5.88. The quantitative estimate of drug-likeness (QED) is 0.516. The lowest BCUT2D eigenvalue weighted by Gasteiger charge is -2.02. The van der Waals surface area contributed by atoms with E-state index in [1.165, 1.54) is 7.11 Å². The van der Waals surface area contributed by atoms with Crippen LogP contribution >= 0.6 is 0 Å². The molecule has 1 aromatic rings. The van der Waals surface area contributed by atoms with E-state index < -0.39 is 0 Å². The van der Waals surface area contributed by atoms with Gasteiger partial charge < -0.3 is 4.74 Å². The molecule has 3 heteroatoms. The van der Waals surface area contributed by atoms with Crippen LogP contribution in [0, 0.1) is 0 Å². The minimum atomic E-state index is -0.364. The Balaban J connectivity index is 2.60. The number of carbonyl (C=O) groups excluding carboxylic acids is 1. The van der Waals surface area contributed by atoms with E-state index in [9.17, 15) is 4.79 Å². The van der Waals surface area contributed by atoms with Gasteiger partial charge >= 0.3 is 5.97 Å². The fraction of sp³-hybridized carbons (Fsp3) is 0.200. The molecule has 1 heterocycles. The normalized spacial score (nSPS) is 9.31. The Morgan fingerprint density at radius 1 is 1.54 bits per heavy atom. The Morgan fingerprint density at radius 2 is 2.15 bits per heavy atom. The third-order valence-electron chi connectivity index (χ3n) is 1.64. The number of aromatic nitrogens is 1. The smallest absolute Gasteiger partial charge is 0.333 e. The Hall–Kier alpha value is -1.64. The Morgan fingerprint density at radius 3 is 2.69 bits per heavy atom. The van der Waals surface area contributed by atoms with Crippen molar-refractivity contribution in [2.24, 2.45) is 0 Å². The molecule has 0 saturated heterocycles. The van der Waals surface area contributed by atoms with Gasteiger partial charge in [0.25, 0.3) is 0 Å². The lowest BCUT2D eigenvalue weighted by atomic mass is 10.1. The maximum atomic E-state index is 11.0. The third-order valence-corrected chi connectivity index (χ3v) is 1.64. The maximum Gasteiger partial charge on any atom is 0.333 e. The minimum Gasteiger partial charge on any atom is -0.466 e. The average Bonchev–Trinajstić information content (AvgIpc) is 2.18. The summed E-state index contributed by atoms with van der Waals surface area (Å²) in [4.78, 5) is 14.9. The number of methoxy groups -OCH3 is 1. The zero-order valence-electron chi connectivity index (χ0n) is 7.49. The molecule has 0 atom stereocenters. The number of ether oxygens (including phenoxy) is 1. The van der Waals surface area contributed by atoms with Gasteiger partial charge in [-0.05, 0) is 17.7 Å². The lowest BCUT2D eigenvalue weighted by Crippen LogP contribution is -2.05. The second kappa shape index (κ2) is 4.40. The van der Waals surface area contributed by atoms with Crippen LogP contribution in [0.15, 0.2) is 36.7 Å². The first kappa shape index (κ1) is 9.45. The first-order chi connectivity index (χ1) is 6.24. The van der Waals surface area contributed by atoms with E-state index in [0.717, 1.165) is 5.56 Å². The minimum absolute atomic E-state index is 0.364. The van der Waals surface area contributed by atoms with Gasteiger partial charge in [-0.3, -0.25) is 4.98 Å². The molecule has 3 nitrogen and oxygen atoms in total. The van der Waals surface area contributed by atoms with Crippen LogP contribution in [0.3, 0.4) is 0 Å². The van der Waals surface area contributed by atoms with E-state index in [4.69, 9.17) is 0 Å². The molecule has 0 aliphatic carbocycles. The van der Waals surface area contributed by atoms with Crippen molar-refractivity contribution in [1.29, 1.82) is 0 Å². The first-order valence-corrected chi connectivity index (χ1v) is 3.89. The molecular formula is C10H11NO2. The molecule has 0 aromatic carbocycles. The van der Waals surface area contributed by atoms with Gasteiger partial charge in [0.05, 0.1) is 7.11 Å². The molecule has 1 aromatic heterocycles. The predicted octanol–water partition coefficient (Wildman–Crippen LogP) is 1.35. The summed E-state index contributed by atoms with van der Waals surface area (Å²) in [5.74, 6) is -0.364. The molecule has 0 aliphatic heterocycles. The fourth-order valence-electron chi connectivity index (χ4n) is 0.964. The summed E-state index contributed by atoms with van der Waals surface area (Å²) in [5, 5.41) is 0. The molecule has 0 bridgehead atoms. The standard InChI is InChI=1S/C10H11NO2/c1-8(10(12)13-2)7-9-3-5-11-6-4-9/h3-6H,1,7H2,2H3. The van der Waals surface area contributed by atoms with Crippen LogP contribution in [0.25, 0.3) is 0 Å². The van der Waals surface area contributed by atoms with Crippen LogP contribution in [0.2, 0.25) is 0 Å². The molecule has 0 saturated carbocycles. The highest BCUT2D eigenvalue weighted by Crippen LogP contribution is 2.05. The third kappa shape index (κ3) is 2.71. The maximum absolute atomic E-state index is 11.0. The molecule has 68 valence electrons. The SMILES string of the molecule is C=C(Cc1ccncc1)C(=O)OC. The van der Waals surface area contributed by atoms with Crippen molar-refractivity contribution < 1.29 is 9.53 Å². The van der Waals surface area contributed by atoms with E-state index in [-0.39, 0.29) is 5.97 Å². The van der Waals surface area contributed by atoms with Crippen LogP contribution < -0.4 is 0 Å². The number of pyridine rings is 1. The molecule has 0 unspecified atom stereocenters. The zero-order valence-corrected chi connectivity index (χ0v) is 7.49. The van der Waals surface area contributed by atoms with Crippen molar-refractivity contribution in [3.05, 3.63) is 42.2 Å². The molecule has 0 radical (unpaired) electrons. The van der Waals surface area contributed by atoms with E-state index in [1.807, 2.05) is 12.1 Å². The fourth-order valence-corrected chi connectivity index (χ4v) is 0.964. The molecular weight excluding hydrogens is 166 g/mol. The monoisotopic (exact) mass is 177 g/mol. The molecule has 0 spiro atoms. The van der Waals surface area contributed by atoms with Gasteiger partial charge in [-0.25, -0.2) is 4.79 Å². The van der Waals surface area contributed by atoms with Crippen LogP contribution in [-0.2, 0) is 16.0 Å². The molecule has 0 amide bonds. The van der Waals surface area contributed by atoms with Crippen molar-refractivity contribution in [3.63, 3.8) is 0 Å². The summed E-state index contributed by atoms with van der Waals surface area (Å²) in [6.45, 7) is 3.63. The molecule has 0 aliphatic rings. The van der Waals surface area contributed by atoms with Crippen LogP contribution in [0.1, 0.15) is 5.56 Å². The number of hydrogen-bond donors (Lipinski definition) is 0. The molecule has 0 N–H and O–H groups in total. The number of rotatable bonds is 3. The molecule has 0 fully saturated rings. The van der Waals surface area contributed by atoms with E-state index in [1.54, 1.807) is 12.4 Å². The Kier molecular flexibility index (Phi) is 3.20. The summed E-state index contributed by atoms with van der Waals surface area (Å²) < 4.78 is 4.53. The number of hydrogen-bond acceptors (Lipinski definition) is 3. The largest absolute Gasteiger partial charge is 0.466 e. The van der Waals surface area contributed by atoms with E-state index in [0.29, 0.717) is 12.0 Å². The number of carbonyl (C=O) groups is 1. The van der Waals surface area contributed by atoms with Gasteiger partial charge in [-0.15, -0.1) is 0 Å². The van der Waals surface area contributed by atoms with E-state index >= 15 is 0 Å². The summed E-state index contributed by atoms with van der Waals surface area (Å²) in [5.41, 5.74) is 1.46. The highest BCUT2D eigenvalue weighted by Gasteiger charge is 2.06. The van der Waals surface area contributed by atoms with E-state index in [2.05, 4.69) is 16.3 Å². The van der Waals surface area contributed by atoms with Gasteiger partial charge in [0, 0.05) is 24.4 Å². The highest BCUT2D eigenvalue weighted by atomic mass is 16.5. The van der Waals surface area contributed by atoms with Crippen molar-refractivity contribution in [2.75, 3.05) is 7.11 Å². The van der Waals surface area contributed by atoms with Crippen LogP contribution in [0.4, 0.5) is 0 Å². The second-order valence-electron chi connectivity index (χ2n) is 2.63. The van der Waals surface area contributed by atoms with Gasteiger partial charge in [0.1, 0.15) is 0 Å². The van der Waals surface area contributed by atoms with Crippen molar-refractivity contribution in [1.82, 2.24) is 4.98 Å². The van der Waals surface area contributed by atoms with Crippen molar-refractivity contribution in [3.8, 4) is 0 Å². The predicted molar refractivity (Wildman–Crippen MR) is 49.1 cm³/mol. The van der Waals surface area contributed by atoms with Crippen molar-refractivity contribution in [2.45, 2.75) is 6.42 Å². The topological polar surface area (TPSA) is 39.2 Å². The lowest BCUT2D eigenvalue weighted by molar-refractivity contribution is -0.136. The second-order valence-corrected chi connectivity index (χ2v) is 2.63. The summed E-state index contributed by atoms with van der Waals surface area (Å²) in [6.07, 6.45) is 3.87. The van der Waals surface area contributed by atoms with Gasteiger partial charge in [0.15, 0.2) is 0 Å². The summed E-state index contributed by atoms with van der Waals surface area (Å²) in [6, 6.07) is 3.68. The first-order valence-electron chi connectivity index (χ1n) is 3.89. The number of nitrogens with zero attached hydrogens (tertiary/aromatic N) is 1. The van der Waals surface area contributed by atoms with Gasteiger partial charge in [0.2, 0.25) is 0 Å². The molecule has 13 heavy (non-hydrogen) atoms. The summed E-state index contributed by atoms with van der Waals surface area (Å²) in [7, 11) is 1.35. The zero-order chi connectivity index (χ0) is 9.68. The van der Waals surface area contributed by atoms with Crippen LogP contribution in [0.5, 0.6) is 0 Å². The van der Waals surface area contributed by atoms with Crippen LogP contribution in [-0.4, -0.2) is 18.1 Å². The Labute approximate surface area is 77.1 Å². The van der Waals surface area contributed by atoms with Gasteiger partial charge in [-0.2, -0.15) is 0 Å². The Bertz CT molecular complexity index is 306. The number of esters is 1.